The number of carbonyl (C=O) groups excluding carboxylic acids is 1. The minimum absolute atomic E-state index is 0.107. The summed E-state index contributed by atoms with van der Waals surface area (Å²) in [6.45, 7) is 7.49. The number of carbonyl (C=O) groups is 1. The van der Waals surface area contributed by atoms with Crippen molar-refractivity contribution in [3.63, 3.8) is 0 Å². The zero-order valence-electron chi connectivity index (χ0n) is 11.7. The number of esters is 1. The molecule has 0 aliphatic heterocycles. The predicted molar refractivity (Wildman–Crippen MR) is 72.2 cm³/mol. The molecule has 0 saturated heterocycles. The summed E-state index contributed by atoms with van der Waals surface area (Å²) < 4.78 is 31.0. The van der Waals surface area contributed by atoms with E-state index >= 15 is 0 Å². The quantitative estimate of drug-likeness (QED) is 0.470. The zero-order valence-corrected chi connectivity index (χ0v) is 12.5. The first-order valence-corrected chi connectivity index (χ1v) is 7.55. The molecule has 0 aromatic heterocycles. The van der Waals surface area contributed by atoms with E-state index in [2.05, 4.69) is 0 Å². The average Bonchev–Trinajstić information content (AvgIpc) is 2.28. The van der Waals surface area contributed by atoms with Crippen LogP contribution in [0, 0.1) is 5.92 Å². The monoisotopic (exact) mass is 282 g/mol. The van der Waals surface area contributed by atoms with E-state index in [0.717, 1.165) is 0 Å². The Morgan fingerprint density at radius 1 is 1.33 bits per heavy atom. The maximum absolute atomic E-state index is 13.0. The predicted octanol–water partition coefficient (Wildman–Crippen LogP) is 4.13. The Bertz CT molecular complexity index is 245. The molecular formula is C13H24F2O2S. The van der Waals surface area contributed by atoms with E-state index in [1.165, 1.54) is 18.7 Å². The van der Waals surface area contributed by atoms with Crippen LogP contribution in [0.3, 0.4) is 0 Å². The second-order valence-corrected chi connectivity index (χ2v) is 5.85. The number of ether oxygens (including phenoxy) is 1. The van der Waals surface area contributed by atoms with E-state index in [4.69, 9.17) is 4.74 Å². The van der Waals surface area contributed by atoms with Crippen LogP contribution in [0.15, 0.2) is 0 Å². The van der Waals surface area contributed by atoms with E-state index in [1.54, 1.807) is 6.92 Å². The first-order valence-electron chi connectivity index (χ1n) is 6.50. The van der Waals surface area contributed by atoms with Gasteiger partial charge < -0.3 is 4.74 Å². The van der Waals surface area contributed by atoms with Crippen LogP contribution < -0.4 is 0 Å². The topological polar surface area (TPSA) is 26.3 Å². The van der Waals surface area contributed by atoms with Crippen LogP contribution in [0.25, 0.3) is 0 Å². The molecule has 0 spiro atoms. The molecule has 1 unspecified atom stereocenters. The van der Waals surface area contributed by atoms with E-state index in [-0.39, 0.29) is 30.0 Å². The Labute approximate surface area is 113 Å². The van der Waals surface area contributed by atoms with Crippen molar-refractivity contribution in [1.82, 2.24) is 0 Å². The van der Waals surface area contributed by atoms with Gasteiger partial charge in [0.05, 0.1) is 6.61 Å². The summed E-state index contributed by atoms with van der Waals surface area (Å²) in [5.41, 5.74) is 0. The zero-order chi connectivity index (χ0) is 14.2. The van der Waals surface area contributed by atoms with Crippen LogP contribution in [0.4, 0.5) is 8.78 Å². The van der Waals surface area contributed by atoms with Crippen LogP contribution in [-0.4, -0.2) is 29.5 Å². The smallest absolute Gasteiger partial charge is 0.319 e. The van der Waals surface area contributed by atoms with Gasteiger partial charge in [0.2, 0.25) is 5.92 Å². The van der Waals surface area contributed by atoms with Crippen molar-refractivity contribution in [2.45, 2.75) is 58.1 Å². The van der Waals surface area contributed by atoms with Gasteiger partial charge in [0.15, 0.2) is 0 Å². The minimum Gasteiger partial charge on any atom is -0.465 e. The Balaban J connectivity index is 4.02. The van der Waals surface area contributed by atoms with Gasteiger partial charge in [-0.3, -0.25) is 4.79 Å². The standard InChI is InChI=1S/C13H24F2O2S/c1-5-13(14,15)8-7-9-18-11(10(3)4)12(16)17-6-2/h10-11H,5-9H2,1-4H3. The minimum atomic E-state index is -2.57. The fraction of sp³-hybridized carbons (Fsp3) is 0.923. The Kier molecular flexibility index (Phi) is 8.57. The van der Waals surface area contributed by atoms with Gasteiger partial charge in [-0.2, -0.15) is 0 Å². The largest absolute Gasteiger partial charge is 0.465 e. The lowest BCUT2D eigenvalue weighted by atomic mass is 10.1. The lowest BCUT2D eigenvalue weighted by Crippen LogP contribution is -2.26. The van der Waals surface area contributed by atoms with Crippen molar-refractivity contribution in [2.24, 2.45) is 5.92 Å². The van der Waals surface area contributed by atoms with Crippen molar-refractivity contribution >= 4 is 17.7 Å². The van der Waals surface area contributed by atoms with E-state index < -0.39 is 5.92 Å². The van der Waals surface area contributed by atoms with Gasteiger partial charge in [0.1, 0.15) is 5.25 Å². The molecular weight excluding hydrogens is 258 g/mol. The maximum atomic E-state index is 13.0. The van der Waals surface area contributed by atoms with Crippen molar-refractivity contribution < 1.29 is 18.3 Å². The molecule has 18 heavy (non-hydrogen) atoms. The van der Waals surface area contributed by atoms with Gasteiger partial charge >= 0.3 is 5.97 Å². The van der Waals surface area contributed by atoms with Crippen molar-refractivity contribution in [1.29, 1.82) is 0 Å². The van der Waals surface area contributed by atoms with Gasteiger partial charge in [0.25, 0.3) is 0 Å². The molecule has 0 amide bonds. The summed E-state index contributed by atoms with van der Waals surface area (Å²) in [5.74, 6) is -2.09. The molecule has 2 nitrogen and oxygen atoms in total. The maximum Gasteiger partial charge on any atom is 0.319 e. The third-order valence-corrected chi connectivity index (χ3v) is 4.25. The number of hydrogen-bond donors (Lipinski definition) is 0. The van der Waals surface area contributed by atoms with Gasteiger partial charge in [-0.15, -0.1) is 11.8 Å². The Morgan fingerprint density at radius 3 is 2.39 bits per heavy atom. The van der Waals surface area contributed by atoms with Gasteiger partial charge in [-0.05, 0) is 25.0 Å². The summed E-state index contributed by atoms with van der Waals surface area (Å²) in [7, 11) is 0. The highest BCUT2D eigenvalue weighted by molar-refractivity contribution is 8.00. The second kappa shape index (κ2) is 8.73. The summed E-state index contributed by atoms with van der Waals surface area (Å²) in [5, 5.41) is -0.250. The average molecular weight is 282 g/mol. The van der Waals surface area contributed by atoms with Crippen LogP contribution in [0.2, 0.25) is 0 Å². The molecule has 0 aromatic rings. The highest BCUT2D eigenvalue weighted by Gasteiger charge is 2.27. The highest BCUT2D eigenvalue weighted by atomic mass is 32.2. The molecule has 5 heteroatoms. The second-order valence-electron chi connectivity index (χ2n) is 4.60. The first kappa shape index (κ1) is 17.7. The molecule has 0 aliphatic carbocycles. The van der Waals surface area contributed by atoms with Crippen LogP contribution in [0.1, 0.15) is 47.0 Å². The van der Waals surface area contributed by atoms with E-state index in [9.17, 15) is 13.6 Å². The highest BCUT2D eigenvalue weighted by Crippen LogP contribution is 2.27. The third-order valence-electron chi connectivity index (χ3n) is 2.63. The summed E-state index contributed by atoms with van der Waals surface area (Å²) in [6.07, 6.45) is 0.196. The molecule has 1 atom stereocenters. The number of rotatable bonds is 9. The molecule has 0 aromatic carbocycles. The molecule has 0 bridgehead atoms. The van der Waals surface area contributed by atoms with Crippen LogP contribution in [0.5, 0.6) is 0 Å². The molecule has 0 fully saturated rings. The van der Waals surface area contributed by atoms with Crippen molar-refractivity contribution in [3.05, 3.63) is 0 Å². The van der Waals surface area contributed by atoms with Gasteiger partial charge in [0, 0.05) is 12.8 Å². The number of thioether (sulfide) groups is 1. The first-order chi connectivity index (χ1) is 8.34. The SMILES string of the molecule is CCOC(=O)C(SCCCC(F)(F)CC)C(C)C. The molecule has 108 valence electrons. The summed E-state index contributed by atoms with van der Waals surface area (Å²) in [6, 6.07) is 0. The van der Waals surface area contributed by atoms with E-state index in [1.807, 2.05) is 13.8 Å². The number of alkyl halides is 2. The number of halogens is 2. The van der Waals surface area contributed by atoms with Gasteiger partial charge in [-0.25, -0.2) is 8.78 Å². The molecule has 0 N–H and O–H groups in total. The normalized spacial score (nSPS) is 13.7. The van der Waals surface area contributed by atoms with Crippen LogP contribution >= 0.6 is 11.8 Å². The van der Waals surface area contributed by atoms with E-state index in [0.29, 0.717) is 18.8 Å². The van der Waals surface area contributed by atoms with Gasteiger partial charge in [-0.1, -0.05) is 20.8 Å². The number of hydrogen-bond acceptors (Lipinski definition) is 3. The molecule has 0 saturated carbocycles. The molecule has 0 heterocycles. The molecule has 0 radical (unpaired) electrons. The molecule has 0 aliphatic rings. The van der Waals surface area contributed by atoms with Crippen LogP contribution in [-0.2, 0) is 9.53 Å². The summed E-state index contributed by atoms with van der Waals surface area (Å²) >= 11 is 1.42. The van der Waals surface area contributed by atoms with Crippen molar-refractivity contribution in [3.8, 4) is 0 Å². The van der Waals surface area contributed by atoms with Crippen molar-refractivity contribution in [2.75, 3.05) is 12.4 Å². The Hall–Kier alpha value is -0.320. The fourth-order valence-electron chi connectivity index (χ4n) is 1.47. The molecule has 0 rings (SSSR count). The third kappa shape index (κ3) is 7.19. The Morgan fingerprint density at radius 2 is 1.94 bits per heavy atom. The lowest BCUT2D eigenvalue weighted by molar-refractivity contribution is -0.143. The fourth-order valence-corrected chi connectivity index (χ4v) is 2.63. The summed E-state index contributed by atoms with van der Waals surface area (Å²) in [4.78, 5) is 11.6. The lowest BCUT2D eigenvalue weighted by Gasteiger charge is -2.19.